The standard InChI is InChI=1S/C20H19N3O4/c1-3-27-20(25)15(12-21)13-22-16-6-4-14(5-7-16)19(24)23-17-8-10-18(26-2)11-9-17/h4-11,13,22H,3H2,1-2H3,(H,23,24)/b15-13+. The molecule has 0 aliphatic rings. The Morgan fingerprint density at radius 2 is 1.70 bits per heavy atom. The molecule has 0 atom stereocenters. The van der Waals surface area contributed by atoms with Crippen LogP contribution in [0, 0.1) is 11.3 Å². The first-order valence-electron chi connectivity index (χ1n) is 8.16. The highest BCUT2D eigenvalue weighted by atomic mass is 16.5. The molecule has 0 radical (unpaired) electrons. The minimum atomic E-state index is -0.692. The fraction of sp³-hybridized carbons (Fsp3) is 0.150. The lowest BCUT2D eigenvalue weighted by Gasteiger charge is -2.07. The molecule has 0 aliphatic heterocycles. The molecule has 0 heterocycles. The number of methoxy groups -OCH3 is 1. The van der Waals surface area contributed by atoms with Gasteiger partial charge in [-0.3, -0.25) is 4.79 Å². The number of nitrogens with zero attached hydrogens (tertiary/aromatic N) is 1. The maximum Gasteiger partial charge on any atom is 0.350 e. The van der Waals surface area contributed by atoms with Crippen LogP contribution >= 0.6 is 0 Å². The lowest BCUT2D eigenvalue weighted by atomic mass is 10.2. The summed E-state index contributed by atoms with van der Waals surface area (Å²) in [6.45, 7) is 1.85. The van der Waals surface area contributed by atoms with Crippen LogP contribution in [0.5, 0.6) is 5.75 Å². The summed E-state index contributed by atoms with van der Waals surface area (Å²) >= 11 is 0. The van der Waals surface area contributed by atoms with E-state index in [4.69, 9.17) is 14.7 Å². The van der Waals surface area contributed by atoms with Crippen LogP contribution in [0.15, 0.2) is 60.3 Å². The summed E-state index contributed by atoms with van der Waals surface area (Å²) in [5.41, 5.74) is 1.59. The number of amides is 1. The van der Waals surface area contributed by atoms with E-state index in [1.807, 2.05) is 0 Å². The molecule has 0 saturated carbocycles. The van der Waals surface area contributed by atoms with Gasteiger partial charge >= 0.3 is 5.97 Å². The monoisotopic (exact) mass is 365 g/mol. The predicted molar refractivity (Wildman–Crippen MR) is 101 cm³/mol. The molecule has 0 aromatic heterocycles. The SMILES string of the molecule is CCOC(=O)/C(C#N)=C/Nc1ccc(C(=O)Nc2ccc(OC)cc2)cc1. The number of carbonyl (C=O) groups excluding carboxylic acids is 2. The van der Waals surface area contributed by atoms with Gasteiger partial charge in [-0.15, -0.1) is 0 Å². The van der Waals surface area contributed by atoms with Crippen molar-refractivity contribution in [1.82, 2.24) is 0 Å². The molecule has 7 heteroatoms. The third-order valence-electron chi connectivity index (χ3n) is 3.49. The fourth-order valence-corrected chi connectivity index (χ4v) is 2.10. The summed E-state index contributed by atoms with van der Waals surface area (Å²) in [4.78, 5) is 23.8. The van der Waals surface area contributed by atoms with Gasteiger partial charge in [-0.2, -0.15) is 5.26 Å². The number of nitrogens with one attached hydrogen (secondary N) is 2. The van der Waals surface area contributed by atoms with Gasteiger partial charge in [0.2, 0.25) is 0 Å². The van der Waals surface area contributed by atoms with Crippen molar-refractivity contribution in [3.63, 3.8) is 0 Å². The van der Waals surface area contributed by atoms with Crippen molar-refractivity contribution in [2.45, 2.75) is 6.92 Å². The molecule has 2 aromatic carbocycles. The summed E-state index contributed by atoms with van der Waals surface area (Å²) in [5, 5.41) is 14.6. The zero-order chi connectivity index (χ0) is 19.6. The predicted octanol–water partition coefficient (Wildman–Crippen LogP) is 3.33. The Morgan fingerprint density at radius 3 is 2.26 bits per heavy atom. The first kappa shape index (κ1) is 19.5. The van der Waals surface area contributed by atoms with Gasteiger partial charge in [-0.05, 0) is 55.5 Å². The fourth-order valence-electron chi connectivity index (χ4n) is 2.10. The van der Waals surface area contributed by atoms with E-state index >= 15 is 0 Å². The van der Waals surface area contributed by atoms with Gasteiger partial charge in [0.25, 0.3) is 5.91 Å². The van der Waals surface area contributed by atoms with E-state index in [0.717, 1.165) is 0 Å². The van der Waals surface area contributed by atoms with Gasteiger partial charge in [0, 0.05) is 23.1 Å². The Kier molecular flexibility index (Phi) is 6.97. The summed E-state index contributed by atoms with van der Waals surface area (Å²) in [6.07, 6.45) is 1.27. The van der Waals surface area contributed by atoms with Crippen LogP contribution in [-0.4, -0.2) is 25.6 Å². The first-order valence-corrected chi connectivity index (χ1v) is 8.16. The zero-order valence-corrected chi connectivity index (χ0v) is 15.0. The van der Waals surface area contributed by atoms with Crippen LogP contribution in [0.4, 0.5) is 11.4 Å². The second-order valence-corrected chi connectivity index (χ2v) is 5.29. The minimum absolute atomic E-state index is 0.141. The van der Waals surface area contributed by atoms with E-state index in [1.165, 1.54) is 6.20 Å². The Bertz CT molecular complexity index is 866. The summed E-state index contributed by atoms with van der Waals surface area (Å²) in [7, 11) is 1.57. The molecule has 0 fully saturated rings. The minimum Gasteiger partial charge on any atom is -0.497 e. The summed E-state index contributed by atoms with van der Waals surface area (Å²) in [6, 6.07) is 15.4. The van der Waals surface area contributed by atoms with Gasteiger partial charge in [0.15, 0.2) is 5.57 Å². The Hall–Kier alpha value is -3.79. The maximum atomic E-state index is 12.3. The van der Waals surface area contributed by atoms with Crippen LogP contribution in [0.1, 0.15) is 17.3 Å². The number of carbonyl (C=O) groups is 2. The van der Waals surface area contributed by atoms with Crippen molar-refractivity contribution in [2.24, 2.45) is 0 Å². The van der Waals surface area contributed by atoms with E-state index in [9.17, 15) is 9.59 Å². The van der Waals surface area contributed by atoms with Gasteiger partial charge in [0.1, 0.15) is 11.8 Å². The maximum absolute atomic E-state index is 12.3. The number of ether oxygens (including phenoxy) is 2. The number of esters is 1. The van der Waals surface area contributed by atoms with E-state index in [0.29, 0.717) is 22.7 Å². The molecule has 27 heavy (non-hydrogen) atoms. The van der Waals surface area contributed by atoms with E-state index in [2.05, 4.69) is 10.6 Å². The Labute approximate surface area is 157 Å². The second-order valence-electron chi connectivity index (χ2n) is 5.29. The van der Waals surface area contributed by atoms with Crippen molar-refractivity contribution in [1.29, 1.82) is 5.26 Å². The number of nitriles is 1. The van der Waals surface area contributed by atoms with Crippen molar-refractivity contribution < 1.29 is 19.1 Å². The number of benzene rings is 2. The molecular weight excluding hydrogens is 346 g/mol. The third-order valence-corrected chi connectivity index (χ3v) is 3.49. The summed E-state index contributed by atoms with van der Waals surface area (Å²) < 4.78 is 9.85. The number of rotatable bonds is 7. The second kappa shape index (κ2) is 9.63. The molecule has 138 valence electrons. The van der Waals surface area contributed by atoms with Crippen LogP contribution in [-0.2, 0) is 9.53 Å². The van der Waals surface area contributed by atoms with Crippen molar-refractivity contribution >= 4 is 23.3 Å². The molecule has 0 unspecified atom stereocenters. The Morgan fingerprint density at radius 1 is 1.07 bits per heavy atom. The van der Waals surface area contributed by atoms with Crippen LogP contribution in [0.3, 0.4) is 0 Å². The molecule has 7 nitrogen and oxygen atoms in total. The number of hydrogen-bond donors (Lipinski definition) is 2. The van der Waals surface area contributed by atoms with Crippen molar-refractivity contribution in [3.8, 4) is 11.8 Å². The van der Waals surface area contributed by atoms with Crippen molar-refractivity contribution in [3.05, 3.63) is 65.9 Å². The van der Waals surface area contributed by atoms with Crippen LogP contribution in [0.2, 0.25) is 0 Å². The first-order chi connectivity index (χ1) is 13.1. The van der Waals surface area contributed by atoms with Gasteiger partial charge < -0.3 is 20.1 Å². The highest BCUT2D eigenvalue weighted by Crippen LogP contribution is 2.17. The molecule has 0 spiro atoms. The lowest BCUT2D eigenvalue weighted by Crippen LogP contribution is -2.11. The topological polar surface area (TPSA) is 100 Å². The van der Waals surface area contributed by atoms with Crippen LogP contribution < -0.4 is 15.4 Å². The van der Waals surface area contributed by atoms with E-state index in [-0.39, 0.29) is 18.1 Å². The average molecular weight is 365 g/mol. The number of hydrogen-bond acceptors (Lipinski definition) is 6. The van der Waals surface area contributed by atoms with Crippen molar-refractivity contribution in [2.75, 3.05) is 24.4 Å². The summed E-state index contributed by atoms with van der Waals surface area (Å²) in [5.74, 6) is -0.245. The van der Waals surface area contributed by atoms with Crippen LogP contribution in [0.25, 0.3) is 0 Å². The lowest BCUT2D eigenvalue weighted by molar-refractivity contribution is -0.138. The molecular formula is C20H19N3O4. The molecule has 2 rings (SSSR count). The highest BCUT2D eigenvalue weighted by Gasteiger charge is 2.09. The molecule has 1 amide bonds. The Balaban J connectivity index is 2.00. The quantitative estimate of drug-likeness (QED) is 0.443. The molecule has 2 N–H and O–H groups in total. The largest absolute Gasteiger partial charge is 0.497 e. The molecule has 0 saturated heterocycles. The average Bonchev–Trinajstić information content (AvgIpc) is 2.69. The smallest absolute Gasteiger partial charge is 0.350 e. The highest BCUT2D eigenvalue weighted by molar-refractivity contribution is 6.04. The molecule has 0 aliphatic carbocycles. The van der Waals surface area contributed by atoms with Gasteiger partial charge in [0.05, 0.1) is 13.7 Å². The van der Waals surface area contributed by atoms with Gasteiger partial charge in [-0.25, -0.2) is 4.79 Å². The zero-order valence-electron chi connectivity index (χ0n) is 15.0. The number of anilines is 2. The third kappa shape index (κ3) is 5.61. The van der Waals surface area contributed by atoms with E-state index < -0.39 is 5.97 Å². The normalized spacial score (nSPS) is 10.5. The van der Waals surface area contributed by atoms with Gasteiger partial charge in [-0.1, -0.05) is 0 Å². The molecule has 0 bridgehead atoms. The van der Waals surface area contributed by atoms with E-state index in [1.54, 1.807) is 68.6 Å². The molecule has 2 aromatic rings.